The molecular weight excluding hydrogens is 538 g/mol. The van der Waals surface area contributed by atoms with Crippen LogP contribution in [0.15, 0.2) is 42.5 Å². The summed E-state index contributed by atoms with van der Waals surface area (Å²) in [4.78, 5) is 43.1. The maximum Gasteiger partial charge on any atom is 0.408 e. The lowest BCUT2D eigenvalue weighted by Gasteiger charge is -2.44. The van der Waals surface area contributed by atoms with Crippen LogP contribution < -0.4 is 15.4 Å². The molecule has 0 bridgehead atoms. The summed E-state index contributed by atoms with van der Waals surface area (Å²) in [5.74, 6) is 0.611. The Labute approximate surface area is 249 Å². The first-order valence-electron chi connectivity index (χ1n) is 14.0. The monoisotopic (exact) mass is 585 g/mol. The molecule has 2 N–H and O–H groups in total. The lowest BCUT2D eigenvalue weighted by molar-refractivity contribution is -0.147. The third-order valence-electron chi connectivity index (χ3n) is 7.07. The predicted octanol–water partition coefficient (Wildman–Crippen LogP) is 6.66. The molecule has 41 heavy (non-hydrogen) atoms. The number of rotatable bonds is 12. The molecule has 3 amide bonds. The number of thioether (sulfide) groups is 1. The van der Waals surface area contributed by atoms with E-state index in [1.165, 1.54) is 0 Å². The lowest BCUT2D eigenvalue weighted by atomic mass is 9.90. The molecule has 8 nitrogen and oxygen atoms in total. The normalized spacial score (nSPS) is 13.1. The van der Waals surface area contributed by atoms with Gasteiger partial charge in [0.2, 0.25) is 5.91 Å². The van der Waals surface area contributed by atoms with Crippen LogP contribution in [0, 0.1) is 13.8 Å². The fourth-order valence-electron chi connectivity index (χ4n) is 4.29. The minimum Gasteiger partial charge on any atom is -0.497 e. The molecule has 2 aromatic rings. The van der Waals surface area contributed by atoms with Gasteiger partial charge in [-0.15, -0.1) is 0 Å². The van der Waals surface area contributed by atoms with E-state index in [9.17, 15) is 14.4 Å². The highest BCUT2D eigenvalue weighted by atomic mass is 32.2. The van der Waals surface area contributed by atoms with Crippen LogP contribution in [-0.4, -0.2) is 59.1 Å². The quantitative estimate of drug-likeness (QED) is 0.289. The molecule has 0 saturated heterocycles. The van der Waals surface area contributed by atoms with Crippen molar-refractivity contribution in [3.05, 3.63) is 59.2 Å². The van der Waals surface area contributed by atoms with Crippen molar-refractivity contribution in [3.8, 4) is 5.75 Å². The van der Waals surface area contributed by atoms with Crippen molar-refractivity contribution in [3.63, 3.8) is 0 Å². The van der Waals surface area contributed by atoms with Crippen LogP contribution in [-0.2, 0) is 14.3 Å². The van der Waals surface area contributed by atoms with Gasteiger partial charge in [-0.05, 0) is 114 Å². The van der Waals surface area contributed by atoms with Gasteiger partial charge in [0.1, 0.15) is 23.4 Å². The summed E-state index contributed by atoms with van der Waals surface area (Å²) in [6, 6.07) is 11.0. The van der Waals surface area contributed by atoms with Gasteiger partial charge >= 0.3 is 6.09 Å². The fourth-order valence-corrected chi connectivity index (χ4v) is 4.76. The Morgan fingerprint density at radius 3 is 2.12 bits per heavy atom. The van der Waals surface area contributed by atoms with Gasteiger partial charge < -0.3 is 25.0 Å². The Bertz CT molecular complexity index is 1190. The van der Waals surface area contributed by atoms with Crippen molar-refractivity contribution in [1.29, 1.82) is 0 Å². The molecule has 0 saturated carbocycles. The fraction of sp³-hybridized carbons (Fsp3) is 0.531. The average molecular weight is 586 g/mol. The molecule has 0 aromatic heterocycles. The molecule has 0 heterocycles. The minimum atomic E-state index is -0.962. The molecule has 0 fully saturated rings. The van der Waals surface area contributed by atoms with Crippen molar-refractivity contribution in [2.24, 2.45) is 0 Å². The molecule has 0 aliphatic carbocycles. The van der Waals surface area contributed by atoms with Crippen molar-refractivity contribution in [2.45, 2.75) is 91.5 Å². The van der Waals surface area contributed by atoms with Crippen LogP contribution in [0.25, 0.3) is 0 Å². The number of hydrogen-bond donors (Lipinski definition) is 2. The summed E-state index contributed by atoms with van der Waals surface area (Å²) in [7, 11) is 1.58. The summed E-state index contributed by atoms with van der Waals surface area (Å²) < 4.78 is 10.7. The van der Waals surface area contributed by atoms with E-state index >= 15 is 0 Å². The van der Waals surface area contributed by atoms with Gasteiger partial charge in [0.25, 0.3) is 5.91 Å². The molecule has 0 aliphatic rings. The van der Waals surface area contributed by atoms with Crippen LogP contribution >= 0.6 is 11.8 Å². The van der Waals surface area contributed by atoms with Gasteiger partial charge in [0, 0.05) is 11.2 Å². The van der Waals surface area contributed by atoms with Crippen molar-refractivity contribution in [2.75, 3.05) is 24.4 Å². The summed E-state index contributed by atoms with van der Waals surface area (Å²) in [6.45, 7) is 15.2. The molecule has 9 heteroatoms. The number of carbonyl (C=O) groups excluding carboxylic acids is 3. The van der Waals surface area contributed by atoms with Gasteiger partial charge in [-0.1, -0.05) is 25.1 Å². The first-order chi connectivity index (χ1) is 19.1. The van der Waals surface area contributed by atoms with Crippen LogP contribution in [0.2, 0.25) is 0 Å². The van der Waals surface area contributed by atoms with Crippen LogP contribution in [0.4, 0.5) is 10.5 Å². The Morgan fingerprint density at radius 1 is 0.976 bits per heavy atom. The highest BCUT2D eigenvalue weighted by molar-refractivity contribution is 7.98. The van der Waals surface area contributed by atoms with E-state index in [1.54, 1.807) is 68.8 Å². The molecular formula is C32H47N3O5S. The Hall–Kier alpha value is -3.20. The molecule has 2 rings (SSSR count). The number of anilines is 1. The number of hydrogen-bond acceptors (Lipinski definition) is 6. The molecule has 2 unspecified atom stereocenters. The number of nitrogens with zero attached hydrogens (tertiary/aromatic N) is 1. The van der Waals surface area contributed by atoms with Crippen molar-refractivity contribution < 1.29 is 23.9 Å². The zero-order valence-electron chi connectivity index (χ0n) is 26.2. The predicted molar refractivity (Wildman–Crippen MR) is 168 cm³/mol. The Morgan fingerprint density at radius 2 is 1.61 bits per heavy atom. The second-order valence-electron chi connectivity index (χ2n) is 11.8. The number of amides is 3. The standard InChI is InChI=1S/C32H47N3O5S/c1-11-32(7,8)35(29(37)26(18-19-41-10)34-30(38)40-31(4,5)6)27(23-13-12-21(2)22(3)20-23)28(36)33-24-14-16-25(39-9)17-15-24/h12-17,20,26-27H,11,18-19H2,1-10H3,(H,33,36)(H,34,38). The first kappa shape index (κ1) is 34.0. The molecule has 226 valence electrons. The summed E-state index contributed by atoms with van der Waals surface area (Å²) in [5, 5.41) is 5.81. The second-order valence-corrected chi connectivity index (χ2v) is 12.8. The maximum absolute atomic E-state index is 14.5. The van der Waals surface area contributed by atoms with Gasteiger partial charge in [0.15, 0.2) is 0 Å². The first-order valence-corrected chi connectivity index (χ1v) is 15.4. The second kappa shape index (κ2) is 14.6. The third-order valence-corrected chi connectivity index (χ3v) is 7.71. The van der Waals surface area contributed by atoms with E-state index in [-0.39, 0.29) is 11.8 Å². The number of methoxy groups -OCH3 is 1. The number of aryl methyl sites for hydroxylation is 2. The Balaban J connectivity index is 2.64. The largest absolute Gasteiger partial charge is 0.497 e. The maximum atomic E-state index is 14.5. The number of nitrogens with one attached hydrogen (secondary N) is 2. The van der Waals surface area contributed by atoms with Crippen molar-refractivity contribution in [1.82, 2.24) is 10.2 Å². The summed E-state index contributed by atoms with van der Waals surface area (Å²) >= 11 is 1.58. The molecule has 0 radical (unpaired) electrons. The molecule has 0 spiro atoms. The summed E-state index contributed by atoms with van der Waals surface area (Å²) in [6.07, 6.45) is 2.24. The zero-order chi connectivity index (χ0) is 31.0. The molecule has 2 aromatic carbocycles. The van der Waals surface area contributed by atoms with E-state index < -0.39 is 29.3 Å². The third kappa shape index (κ3) is 9.69. The summed E-state index contributed by atoms with van der Waals surface area (Å²) in [5.41, 5.74) is 1.91. The highest BCUT2D eigenvalue weighted by Crippen LogP contribution is 2.34. The van der Waals surface area contributed by atoms with Gasteiger partial charge in [-0.3, -0.25) is 9.59 Å². The average Bonchev–Trinajstić information content (AvgIpc) is 2.90. The number of ether oxygens (including phenoxy) is 2. The van der Waals surface area contributed by atoms with Gasteiger partial charge in [-0.2, -0.15) is 11.8 Å². The number of alkyl carbamates (subject to hydrolysis) is 1. The minimum absolute atomic E-state index is 0.343. The smallest absolute Gasteiger partial charge is 0.408 e. The van der Waals surface area contributed by atoms with E-state index in [1.807, 2.05) is 59.1 Å². The van der Waals surface area contributed by atoms with Crippen LogP contribution in [0.1, 0.15) is 77.1 Å². The van der Waals surface area contributed by atoms with E-state index in [4.69, 9.17) is 9.47 Å². The number of benzene rings is 2. The Kier molecular flexibility index (Phi) is 12.1. The molecule has 2 atom stereocenters. The van der Waals surface area contributed by atoms with Crippen LogP contribution in [0.3, 0.4) is 0 Å². The van der Waals surface area contributed by atoms with E-state index in [2.05, 4.69) is 10.6 Å². The van der Waals surface area contributed by atoms with E-state index in [0.717, 1.165) is 11.1 Å². The van der Waals surface area contributed by atoms with Gasteiger partial charge in [-0.25, -0.2) is 4.79 Å². The van der Waals surface area contributed by atoms with Gasteiger partial charge in [0.05, 0.1) is 7.11 Å². The van der Waals surface area contributed by atoms with Crippen LogP contribution in [0.5, 0.6) is 5.75 Å². The highest BCUT2D eigenvalue weighted by Gasteiger charge is 2.43. The van der Waals surface area contributed by atoms with E-state index in [0.29, 0.717) is 35.6 Å². The molecule has 0 aliphatic heterocycles. The zero-order valence-corrected chi connectivity index (χ0v) is 27.0. The van der Waals surface area contributed by atoms with Crippen molar-refractivity contribution >= 4 is 35.4 Å². The SMILES string of the molecule is CCC(C)(C)N(C(=O)C(CCSC)NC(=O)OC(C)(C)C)C(C(=O)Nc1ccc(OC)cc1)c1ccc(C)c(C)c1. The number of carbonyl (C=O) groups is 3. The topological polar surface area (TPSA) is 97.0 Å². The lowest BCUT2D eigenvalue weighted by Crippen LogP contribution is -2.59.